The Morgan fingerprint density at radius 1 is 1.40 bits per heavy atom. The van der Waals surface area contributed by atoms with Crippen LogP contribution in [0.4, 0.5) is 0 Å². The van der Waals surface area contributed by atoms with Crippen molar-refractivity contribution in [3.63, 3.8) is 0 Å². The number of rotatable bonds is 1. The van der Waals surface area contributed by atoms with Crippen molar-refractivity contribution in [2.24, 2.45) is 4.99 Å². The van der Waals surface area contributed by atoms with Gasteiger partial charge in [0.25, 0.3) is 5.89 Å². The molecule has 0 amide bonds. The lowest BCUT2D eigenvalue weighted by molar-refractivity contribution is 0.587. The molecule has 0 radical (unpaired) electrons. The number of nitrogens with one attached hydrogen (secondary N) is 1. The first kappa shape index (κ1) is 8.73. The standard InChI is InChI=1S/C10H8ClN3O/c11-6-1-2-8-7(5-6)14-10(15-8)9-12-3-4-13-9/h1-2,5H,3-4H2,(H,12,13). The second-order valence-corrected chi connectivity index (χ2v) is 3.72. The summed E-state index contributed by atoms with van der Waals surface area (Å²) < 4.78 is 5.54. The molecule has 2 heterocycles. The van der Waals surface area contributed by atoms with Crippen LogP contribution in [0.3, 0.4) is 0 Å². The number of fused-ring (bicyclic) bond motifs is 1. The third-order valence-corrected chi connectivity index (χ3v) is 2.46. The van der Waals surface area contributed by atoms with Gasteiger partial charge in [0.2, 0.25) is 0 Å². The largest absolute Gasteiger partial charge is 0.434 e. The van der Waals surface area contributed by atoms with Gasteiger partial charge in [-0.05, 0) is 18.2 Å². The fourth-order valence-corrected chi connectivity index (χ4v) is 1.71. The smallest absolute Gasteiger partial charge is 0.263 e. The highest BCUT2D eigenvalue weighted by atomic mass is 35.5. The minimum atomic E-state index is 0.532. The van der Waals surface area contributed by atoms with Gasteiger partial charge in [-0.15, -0.1) is 0 Å². The van der Waals surface area contributed by atoms with Crippen molar-refractivity contribution in [2.75, 3.05) is 13.1 Å². The van der Waals surface area contributed by atoms with Crippen LogP contribution in [0.2, 0.25) is 5.02 Å². The number of amidine groups is 1. The highest BCUT2D eigenvalue weighted by Gasteiger charge is 2.14. The first-order chi connectivity index (χ1) is 7.33. The Labute approximate surface area is 91.0 Å². The molecule has 0 saturated carbocycles. The van der Waals surface area contributed by atoms with E-state index in [4.69, 9.17) is 16.0 Å². The van der Waals surface area contributed by atoms with Gasteiger partial charge in [0, 0.05) is 11.6 Å². The maximum absolute atomic E-state index is 5.86. The van der Waals surface area contributed by atoms with E-state index >= 15 is 0 Å². The summed E-state index contributed by atoms with van der Waals surface area (Å²) in [7, 11) is 0. The minimum absolute atomic E-state index is 0.532. The fourth-order valence-electron chi connectivity index (χ4n) is 1.54. The normalized spacial score (nSPS) is 15.4. The molecule has 0 fully saturated rings. The second kappa shape index (κ2) is 3.24. The maximum atomic E-state index is 5.86. The van der Waals surface area contributed by atoms with E-state index in [1.807, 2.05) is 6.07 Å². The highest BCUT2D eigenvalue weighted by molar-refractivity contribution is 6.31. The Morgan fingerprint density at radius 3 is 3.13 bits per heavy atom. The van der Waals surface area contributed by atoms with Crippen molar-refractivity contribution in [2.45, 2.75) is 0 Å². The summed E-state index contributed by atoms with van der Waals surface area (Å²) in [5, 5.41) is 3.77. The number of nitrogens with zero attached hydrogens (tertiary/aromatic N) is 2. The van der Waals surface area contributed by atoms with Crippen LogP contribution < -0.4 is 5.32 Å². The number of oxazole rings is 1. The number of halogens is 1. The first-order valence-electron chi connectivity index (χ1n) is 4.68. The van der Waals surface area contributed by atoms with Gasteiger partial charge in [0.05, 0.1) is 6.54 Å². The van der Waals surface area contributed by atoms with Gasteiger partial charge in [0.15, 0.2) is 11.4 Å². The molecule has 0 atom stereocenters. The summed E-state index contributed by atoms with van der Waals surface area (Å²) in [6.07, 6.45) is 0. The third-order valence-electron chi connectivity index (χ3n) is 2.23. The molecule has 2 aromatic rings. The molecule has 0 bridgehead atoms. The summed E-state index contributed by atoms with van der Waals surface area (Å²) in [5.74, 6) is 1.26. The van der Waals surface area contributed by atoms with Gasteiger partial charge in [-0.3, -0.25) is 4.99 Å². The summed E-state index contributed by atoms with van der Waals surface area (Å²) in [5.41, 5.74) is 1.49. The molecule has 1 N–H and O–H groups in total. The van der Waals surface area contributed by atoms with Crippen molar-refractivity contribution in [3.05, 3.63) is 29.1 Å². The minimum Gasteiger partial charge on any atom is -0.434 e. The molecule has 0 unspecified atom stereocenters. The SMILES string of the molecule is Clc1ccc2oc(C3=NCCN3)nc2c1. The van der Waals surface area contributed by atoms with Crippen LogP contribution in [0.5, 0.6) is 0 Å². The molecule has 1 aromatic heterocycles. The lowest BCUT2D eigenvalue weighted by Crippen LogP contribution is -2.19. The van der Waals surface area contributed by atoms with Crippen LogP contribution in [0.25, 0.3) is 11.1 Å². The predicted molar refractivity (Wildman–Crippen MR) is 58.4 cm³/mol. The Hall–Kier alpha value is -1.55. The molecule has 1 aromatic carbocycles. The second-order valence-electron chi connectivity index (χ2n) is 3.29. The zero-order chi connectivity index (χ0) is 10.3. The molecular formula is C10H8ClN3O. The molecule has 1 aliphatic rings. The van der Waals surface area contributed by atoms with Crippen molar-refractivity contribution >= 4 is 28.5 Å². The summed E-state index contributed by atoms with van der Waals surface area (Å²) in [4.78, 5) is 8.55. The van der Waals surface area contributed by atoms with Crippen molar-refractivity contribution in [3.8, 4) is 0 Å². The van der Waals surface area contributed by atoms with Crippen molar-refractivity contribution in [1.29, 1.82) is 0 Å². The molecule has 1 aliphatic heterocycles. The van der Waals surface area contributed by atoms with E-state index in [1.165, 1.54) is 0 Å². The Bertz CT molecular complexity index is 547. The fraction of sp³-hybridized carbons (Fsp3) is 0.200. The maximum Gasteiger partial charge on any atom is 0.263 e. The molecule has 76 valence electrons. The van der Waals surface area contributed by atoms with Crippen LogP contribution >= 0.6 is 11.6 Å². The predicted octanol–water partition coefficient (Wildman–Crippen LogP) is 1.83. The van der Waals surface area contributed by atoms with E-state index in [9.17, 15) is 0 Å². The van der Waals surface area contributed by atoms with Gasteiger partial charge in [-0.25, -0.2) is 4.98 Å². The summed E-state index contributed by atoms with van der Waals surface area (Å²) in [6.45, 7) is 1.61. The number of aromatic nitrogens is 1. The topological polar surface area (TPSA) is 50.4 Å². The number of hydrogen-bond donors (Lipinski definition) is 1. The van der Waals surface area contributed by atoms with Crippen LogP contribution in [-0.2, 0) is 0 Å². The first-order valence-corrected chi connectivity index (χ1v) is 5.05. The van der Waals surface area contributed by atoms with Crippen LogP contribution in [0.15, 0.2) is 27.6 Å². The Morgan fingerprint density at radius 2 is 2.33 bits per heavy atom. The van der Waals surface area contributed by atoms with Gasteiger partial charge in [-0.2, -0.15) is 0 Å². The lowest BCUT2D eigenvalue weighted by Gasteiger charge is -1.92. The van der Waals surface area contributed by atoms with Gasteiger partial charge < -0.3 is 9.73 Å². The van der Waals surface area contributed by atoms with E-state index < -0.39 is 0 Å². The van der Waals surface area contributed by atoms with E-state index in [-0.39, 0.29) is 0 Å². The molecule has 5 heteroatoms. The quantitative estimate of drug-likeness (QED) is 0.799. The zero-order valence-corrected chi connectivity index (χ0v) is 8.58. The average Bonchev–Trinajstić information content (AvgIpc) is 2.84. The Balaban J connectivity index is 2.13. The van der Waals surface area contributed by atoms with Gasteiger partial charge >= 0.3 is 0 Å². The third kappa shape index (κ3) is 1.47. The number of hydrogen-bond acceptors (Lipinski definition) is 4. The molecule has 0 saturated heterocycles. The van der Waals surface area contributed by atoms with Crippen LogP contribution in [0.1, 0.15) is 5.89 Å². The summed E-state index contributed by atoms with van der Waals surface area (Å²) >= 11 is 5.86. The van der Waals surface area contributed by atoms with Gasteiger partial charge in [0.1, 0.15) is 5.52 Å². The van der Waals surface area contributed by atoms with E-state index in [0.29, 0.717) is 10.9 Å². The molecule has 0 spiro atoms. The number of aliphatic imine (C=N–C) groups is 1. The van der Waals surface area contributed by atoms with Crippen LogP contribution in [0, 0.1) is 0 Å². The molecule has 15 heavy (non-hydrogen) atoms. The molecule has 3 rings (SSSR count). The zero-order valence-electron chi connectivity index (χ0n) is 7.83. The highest BCUT2D eigenvalue weighted by Crippen LogP contribution is 2.20. The molecular weight excluding hydrogens is 214 g/mol. The lowest BCUT2D eigenvalue weighted by atomic mass is 10.3. The molecule has 4 nitrogen and oxygen atoms in total. The van der Waals surface area contributed by atoms with E-state index in [2.05, 4.69) is 15.3 Å². The summed E-state index contributed by atoms with van der Waals surface area (Å²) in [6, 6.07) is 5.37. The Kier molecular flexibility index (Phi) is 1.89. The average molecular weight is 222 g/mol. The monoisotopic (exact) mass is 221 g/mol. The van der Waals surface area contributed by atoms with E-state index in [1.54, 1.807) is 12.1 Å². The van der Waals surface area contributed by atoms with Gasteiger partial charge in [-0.1, -0.05) is 11.6 Å². The van der Waals surface area contributed by atoms with E-state index in [0.717, 1.165) is 30.0 Å². The van der Waals surface area contributed by atoms with Crippen LogP contribution in [-0.4, -0.2) is 23.9 Å². The van der Waals surface area contributed by atoms with Crippen molar-refractivity contribution in [1.82, 2.24) is 10.3 Å². The van der Waals surface area contributed by atoms with Crippen molar-refractivity contribution < 1.29 is 4.42 Å². The molecule has 0 aliphatic carbocycles. The number of benzene rings is 1.